The highest BCUT2D eigenvalue weighted by molar-refractivity contribution is 5.86. The zero-order chi connectivity index (χ0) is 8.85. The molecule has 4 heteroatoms. The van der Waals surface area contributed by atoms with Gasteiger partial charge < -0.3 is 15.6 Å². The minimum Gasteiger partial charge on any atom is -0.461 e. The van der Waals surface area contributed by atoms with Crippen LogP contribution in [-0.2, 0) is 9.53 Å². The second kappa shape index (κ2) is 4.73. The van der Waals surface area contributed by atoms with Crippen molar-refractivity contribution in [1.29, 1.82) is 0 Å². The third kappa shape index (κ3) is 4.38. The highest BCUT2D eigenvalue weighted by Gasteiger charge is 2.06. The number of aliphatic hydroxyl groups excluding tert-OH is 1. The Labute approximate surface area is 65.6 Å². The second-order valence-corrected chi connectivity index (χ2v) is 2.41. The van der Waals surface area contributed by atoms with Crippen LogP contribution in [0.2, 0.25) is 0 Å². The summed E-state index contributed by atoms with van der Waals surface area (Å²) in [6, 6.07) is 0. The van der Waals surface area contributed by atoms with Gasteiger partial charge in [0.25, 0.3) is 0 Å². The number of carbonyl (C=O) groups excluding carboxylic acids is 1. The van der Waals surface area contributed by atoms with E-state index in [9.17, 15) is 4.79 Å². The fourth-order valence-electron chi connectivity index (χ4n) is 0.363. The number of ether oxygens (including phenoxy) is 1. The Balaban J connectivity index is 3.54. The topological polar surface area (TPSA) is 72.6 Å². The molecule has 0 aliphatic rings. The number of rotatable bonds is 4. The van der Waals surface area contributed by atoms with Crippen LogP contribution in [0.3, 0.4) is 0 Å². The summed E-state index contributed by atoms with van der Waals surface area (Å²) in [7, 11) is 0. The van der Waals surface area contributed by atoms with Crippen molar-refractivity contribution in [1.82, 2.24) is 0 Å². The summed E-state index contributed by atoms with van der Waals surface area (Å²) in [6.07, 6.45) is 0. The first kappa shape index (κ1) is 9.97. The molecule has 11 heavy (non-hydrogen) atoms. The van der Waals surface area contributed by atoms with Gasteiger partial charge in [0, 0.05) is 12.5 Å². The zero-order valence-corrected chi connectivity index (χ0v) is 6.54. The van der Waals surface area contributed by atoms with Crippen LogP contribution in [0.4, 0.5) is 0 Å². The molecule has 0 aromatic carbocycles. The summed E-state index contributed by atoms with van der Waals surface area (Å²) < 4.78 is 4.63. The van der Waals surface area contributed by atoms with Gasteiger partial charge in [0.2, 0.25) is 0 Å². The van der Waals surface area contributed by atoms with Crippen LogP contribution in [0.5, 0.6) is 0 Å². The lowest BCUT2D eigenvalue weighted by Crippen LogP contribution is -2.18. The third-order valence-electron chi connectivity index (χ3n) is 1.07. The third-order valence-corrected chi connectivity index (χ3v) is 1.07. The van der Waals surface area contributed by atoms with Crippen LogP contribution in [0.1, 0.15) is 6.92 Å². The van der Waals surface area contributed by atoms with Crippen molar-refractivity contribution < 1.29 is 14.6 Å². The molecule has 1 unspecified atom stereocenters. The lowest BCUT2D eigenvalue weighted by atomic mass is 10.2. The molecule has 64 valence electrons. The van der Waals surface area contributed by atoms with Gasteiger partial charge >= 0.3 is 5.97 Å². The molecule has 3 N–H and O–H groups in total. The maximum absolute atomic E-state index is 10.6. The SMILES string of the molecule is C=C(N)C(=O)OCC(C)CO. The van der Waals surface area contributed by atoms with Gasteiger partial charge in [-0.2, -0.15) is 0 Å². The van der Waals surface area contributed by atoms with Gasteiger partial charge in [-0.05, 0) is 0 Å². The maximum Gasteiger partial charge on any atom is 0.353 e. The number of nitrogens with two attached hydrogens (primary N) is 1. The molecule has 0 saturated heterocycles. The molecule has 0 amide bonds. The fourth-order valence-corrected chi connectivity index (χ4v) is 0.363. The Kier molecular flexibility index (Phi) is 4.29. The Morgan fingerprint density at radius 2 is 2.36 bits per heavy atom. The van der Waals surface area contributed by atoms with Crippen LogP contribution < -0.4 is 5.73 Å². The van der Waals surface area contributed by atoms with Gasteiger partial charge in [0.1, 0.15) is 5.70 Å². The average molecular weight is 159 g/mol. The quantitative estimate of drug-likeness (QED) is 0.433. The van der Waals surface area contributed by atoms with Crippen molar-refractivity contribution in [3.63, 3.8) is 0 Å². The number of aliphatic hydroxyl groups is 1. The summed E-state index contributed by atoms with van der Waals surface area (Å²) in [5, 5.41) is 8.54. The Hall–Kier alpha value is -1.03. The lowest BCUT2D eigenvalue weighted by molar-refractivity contribution is -0.140. The van der Waals surface area contributed by atoms with E-state index in [1.165, 1.54) is 0 Å². The predicted molar refractivity (Wildman–Crippen MR) is 40.5 cm³/mol. The van der Waals surface area contributed by atoms with Crippen LogP contribution in [0.25, 0.3) is 0 Å². The summed E-state index contributed by atoms with van der Waals surface area (Å²) in [6.45, 7) is 5.12. The number of carbonyl (C=O) groups is 1. The van der Waals surface area contributed by atoms with E-state index < -0.39 is 5.97 Å². The molecule has 0 rings (SSSR count). The van der Waals surface area contributed by atoms with Gasteiger partial charge in [-0.1, -0.05) is 13.5 Å². The fraction of sp³-hybridized carbons (Fsp3) is 0.571. The Morgan fingerprint density at radius 3 is 2.73 bits per heavy atom. The van der Waals surface area contributed by atoms with Gasteiger partial charge in [0.15, 0.2) is 0 Å². The van der Waals surface area contributed by atoms with Crippen molar-refractivity contribution >= 4 is 5.97 Å². The van der Waals surface area contributed by atoms with E-state index in [0.717, 1.165) is 0 Å². The number of hydrogen-bond donors (Lipinski definition) is 2. The largest absolute Gasteiger partial charge is 0.461 e. The molecule has 0 spiro atoms. The van der Waals surface area contributed by atoms with E-state index in [1.807, 2.05) is 0 Å². The van der Waals surface area contributed by atoms with Gasteiger partial charge in [-0.25, -0.2) is 4.79 Å². The molecule has 4 nitrogen and oxygen atoms in total. The van der Waals surface area contributed by atoms with Crippen molar-refractivity contribution in [2.75, 3.05) is 13.2 Å². The summed E-state index contributed by atoms with van der Waals surface area (Å²) in [5.41, 5.74) is 4.92. The average Bonchev–Trinajstić information content (AvgIpc) is 1.99. The van der Waals surface area contributed by atoms with Crippen LogP contribution in [0.15, 0.2) is 12.3 Å². The summed E-state index contributed by atoms with van der Waals surface area (Å²) in [5.74, 6) is -0.677. The maximum atomic E-state index is 10.6. The highest BCUT2D eigenvalue weighted by Crippen LogP contribution is 1.95. The van der Waals surface area contributed by atoms with E-state index in [0.29, 0.717) is 0 Å². The number of hydrogen-bond acceptors (Lipinski definition) is 4. The molecular formula is C7H13NO3. The lowest BCUT2D eigenvalue weighted by Gasteiger charge is -2.07. The molecule has 0 aliphatic heterocycles. The van der Waals surface area contributed by atoms with Crippen molar-refractivity contribution in [3.8, 4) is 0 Å². The molecule has 0 bridgehead atoms. The molecule has 0 aliphatic carbocycles. The van der Waals surface area contributed by atoms with Crippen LogP contribution in [0, 0.1) is 5.92 Å². The van der Waals surface area contributed by atoms with Crippen molar-refractivity contribution in [3.05, 3.63) is 12.3 Å². The van der Waals surface area contributed by atoms with Crippen molar-refractivity contribution in [2.24, 2.45) is 11.7 Å². The molecule has 0 heterocycles. The first-order chi connectivity index (χ1) is 5.07. The molecular weight excluding hydrogens is 146 g/mol. The molecule has 1 atom stereocenters. The molecule has 0 aromatic heterocycles. The minimum atomic E-state index is -0.620. The zero-order valence-electron chi connectivity index (χ0n) is 6.54. The van der Waals surface area contributed by atoms with E-state index in [-0.39, 0.29) is 24.8 Å². The second-order valence-electron chi connectivity index (χ2n) is 2.41. The van der Waals surface area contributed by atoms with Gasteiger partial charge in [-0.3, -0.25) is 0 Å². The van der Waals surface area contributed by atoms with Crippen molar-refractivity contribution in [2.45, 2.75) is 6.92 Å². The normalized spacial score (nSPS) is 12.2. The Morgan fingerprint density at radius 1 is 1.82 bits per heavy atom. The van der Waals surface area contributed by atoms with E-state index >= 15 is 0 Å². The van der Waals surface area contributed by atoms with E-state index in [1.54, 1.807) is 6.92 Å². The smallest absolute Gasteiger partial charge is 0.353 e. The monoisotopic (exact) mass is 159 g/mol. The number of esters is 1. The first-order valence-electron chi connectivity index (χ1n) is 3.30. The van der Waals surface area contributed by atoms with Gasteiger partial charge in [0.05, 0.1) is 6.61 Å². The van der Waals surface area contributed by atoms with Crippen LogP contribution in [-0.4, -0.2) is 24.3 Å². The predicted octanol–water partition coefficient (Wildman–Crippen LogP) is -0.370. The molecule has 0 radical (unpaired) electrons. The Bertz CT molecular complexity index is 156. The van der Waals surface area contributed by atoms with E-state index in [2.05, 4.69) is 11.3 Å². The molecule has 0 aromatic rings. The van der Waals surface area contributed by atoms with Gasteiger partial charge in [-0.15, -0.1) is 0 Å². The molecule has 0 saturated carbocycles. The summed E-state index contributed by atoms with van der Waals surface area (Å²) >= 11 is 0. The molecule has 0 fully saturated rings. The standard InChI is InChI=1S/C7H13NO3/c1-5(3-9)4-11-7(10)6(2)8/h5,9H,2-4,8H2,1H3. The van der Waals surface area contributed by atoms with Crippen LogP contribution >= 0.6 is 0 Å². The first-order valence-corrected chi connectivity index (χ1v) is 3.30. The summed E-state index contributed by atoms with van der Waals surface area (Å²) in [4.78, 5) is 10.6. The van der Waals surface area contributed by atoms with E-state index in [4.69, 9.17) is 10.8 Å². The minimum absolute atomic E-state index is 0.00960. The highest BCUT2D eigenvalue weighted by atomic mass is 16.5.